The number of carbonyl (C=O) groups excluding carboxylic acids is 2. The van der Waals surface area contributed by atoms with Crippen LogP contribution in [0.3, 0.4) is 0 Å². The molecule has 0 bridgehead atoms. The van der Waals surface area contributed by atoms with E-state index >= 15 is 0 Å². The van der Waals surface area contributed by atoms with Gasteiger partial charge in [0.2, 0.25) is 5.95 Å². The van der Waals surface area contributed by atoms with Gasteiger partial charge in [-0.1, -0.05) is 43.5 Å². The molecule has 2 N–H and O–H groups in total. The van der Waals surface area contributed by atoms with Crippen LogP contribution in [-0.4, -0.2) is 45.4 Å². The third kappa shape index (κ3) is 5.22. The molecule has 8 nitrogen and oxygen atoms in total. The van der Waals surface area contributed by atoms with Crippen molar-refractivity contribution >= 4 is 41.0 Å². The van der Waals surface area contributed by atoms with E-state index in [1.165, 1.54) is 0 Å². The molecular weight excluding hydrogens is 549 g/mol. The van der Waals surface area contributed by atoms with Crippen molar-refractivity contribution in [3.05, 3.63) is 85.2 Å². The molecule has 1 aliphatic carbocycles. The fourth-order valence-electron chi connectivity index (χ4n) is 5.72. The number of halogens is 2. The van der Waals surface area contributed by atoms with E-state index in [0.29, 0.717) is 50.5 Å². The second-order valence-corrected chi connectivity index (χ2v) is 12.1. The number of amides is 2. The lowest BCUT2D eigenvalue weighted by atomic mass is 9.87. The average molecular weight is 583 g/mol. The normalized spacial score (nSPS) is 19.7. The van der Waals surface area contributed by atoms with E-state index < -0.39 is 0 Å². The maximum atomic E-state index is 14.1. The van der Waals surface area contributed by atoms with Gasteiger partial charge in [0.05, 0.1) is 28.0 Å². The van der Waals surface area contributed by atoms with E-state index in [4.69, 9.17) is 28.2 Å². The van der Waals surface area contributed by atoms with Crippen molar-refractivity contribution in [1.82, 2.24) is 19.8 Å². The van der Waals surface area contributed by atoms with Gasteiger partial charge in [0.25, 0.3) is 17.4 Å². The van der Waals surface area contributed by atoms with Gasteiger partial charge in [-0.3, -0.25) is 14.4 Å². The van der Waals surface area contributed by atoms with E-state index in [-0.39, 0.29) is 41.4 Å². The highest BCUT2D eigenvalue weighted by Crippen LogP contribution is 2.39. The molecule has 210 valence electrons. The largest absolute Gasteiger partial charge is 0.355 e. The lowest BCUT2D eigenvalue weighted by molar-refractivity contribution is 0.0653. The Labute approximate surface area is 243 Å². The first kappa shape index (κ1) is 28.2. The minimum absolute atomic E-state index is 0.0336. The summed E-state index contributed by atoms with van der Waals surface area (Å²) in [7, 11) is 1.58. The molecule has 0 unspecified atom stereocenters. The fraction of sp³-hybridized carbons (Fsp3) is 0.400. The van der Waals surface area contributed by atoms with Crippen LogP contribution in [0.5, 0.6) is 0 Å². The molecule has 2 aromatic carbocycles. The van der Waals surface area contributed by atoms with Gasteiger partial charge < -0.3 is 15.5 Å². The van der Waals surface area contributed by atoms with E-state index in [2.05, 4.69) is 24.5 Å². The summed E-state index contributed by atoms with van der Waals surface area (Å²) >= 11 is 12.2. The highest BCUT2D eigenvalue weighted by atomic mass is 35.5. The van der Waals surface area contributed by atoms with Gasteiger partial charge in [-0.15, -0.1) is 0 Å². The summed E-state index contributed by atoms with van der Waals surface area (Å²) in [6.07, 6.45) is 3.49. The molecule has 0 saturated heterocycles. The Balaban J connectivity index is 1.57. The van der Waals surface area contributed by atoms with Gasteiger partial charge in [-0.05, 0) is 74.1 Å². The summed E-state index contributed by atoms with van der Waals surface area (Å²) in [6.45, 7) is 6.56. The molecule has 2 aliphatic rings. The Hall–Kier alpha value is -3.36. The van der Waals surface area contributed by atoms with Crippen molar-refractivity contribution in [3.63, 3.8) is 0 Å². The number of anilines is 1. The summed E-state index contributed by atoms with van der Waals surface area (Å²) in [6, 6.07) is 11.6. The first-order valence-electron chi connectivity index (χ1n) is 13.5. The van der Waals surface area contributed by atoms with Crippen molar-refractivity contribution in [3.8, 4) is 5.69 Å². The number of rotatable bonds is 5. The number of carbonyl (C=O) groups is 2. The van der Waals surface area contributed by atoms with Crippen LogP contribution in [-0.2, 0) is 13.0 Å². The van der Waals surface area contributed by atoms with Crippen molar-refractivity contribution < 1.29 is 9.59 Å². The zero-order chi connectivity index (χ0) is 28.8. The van der Waals surface area contributed by atoms with Crippen LogP contribution in [0.2, 0.25) is 10.0 Å². The summed E-state index contributed by atoms with van der Waals surface area (Å²) in [5, 5.41) is 6.89. The standard InChI is InChI=1S/C30H33Cl2N5O3/c1-17-14-21-24(16-36(17)27(39)19-9-12-22(31)23(32)15-19)34-29(35-25-6-5-13-30(25,2)3)37(28(21)40)20-10-7-18(8-11-20)26(38)33-4/h7-12,15,17,25H,5-6,13-14,16H2,1-4H3,(H,33,38)(H,34,35)/t17-,25+/m1/s1. The Kier molecular flexibility index (Phi) is 7.68. The van der Waals surface area contributed by atoms with Gasteiger partial charge in [0.15, 0.2) is 0 Å². The number of nitrogens with zero attached hydrogens (tertiary/aromatic N) is 3. The first-order valence-corrected chi connectivity index (χ1v) is 14.3. The summed E-state index contributed by atoms with van der Waals surface area (Å²) in [5.74, 6) is 0.0425. The molecule has 0 spiro atoms. The van der Waals surface area contributed by atoms with Gasteiger partial charge in [0.1, 0.15) is 0 Å². The zero-order valence-corrected chi connectivity index (χ0v) is 24.6. The monoisotopic (exact) mass is 581 g/mol. The Morgan fingerprint density at radius 3 is 2.38 bits per heavy atom. The molecule has 5 rings (SSSR count). The summed E-state index contributed by atoms with van der Waals surface area (Å²) < 4.78 is 1.60. The molecule has 2 heterocycles. The number of benzene rings is 2. The maximum absolute atomic E-state index is 14.1. The number of fused-ring (bicyclic) bond motifs is 1. The molecule has 1 fully saturated rings. The van der Waals surface area contributed by atoms with Crippen LogP contribution in [0.1, 0.15) is 72.0 Å². The van der Waals surface area contributed by atoms with Crippen molar-refractivity contribution in [1.29, 1.82) is 0 Å². The average Bonchev–Trinajstić information content (AvgIpc) is 3.27. The van der Waals surface area contributed by atoms with E-state index in [1.54, 1.807) is 59.0 Å². The predicted molar refractivity (Wildman–Crippen MR) is 158 cm³/mol. The lowest BCUT2D eigenvalue weighted by Gasteiger charge is -2.35. The smallest absolute Gasteiger partial charge is 0.263 e. The number of hydrogen-bond acceptors (Lipinski definition) is 5. The zero-order valence-electron chi connectivity index (χ0n) is 23.1. The predicted octanol–water partition coefficient (Wildman–Crippen LogP) is 5.48. The van der Waals surface area contributed by atoms with Crippen molar-refractivity contribution in [2.45, 2.75) is 65.1 Å². The van der Waals surface area contributed by atoms with Gasteiger partial charge >= 0.3 is 0 Å². The van der Waals surface area contributed by atoms with Crippen LogP contribution >= 0.6 is 23.2 Å². The van der Waals surface area contributed by atoms with Crippen LogP contribution in [0.4, 0.5) is 5.95 Å². The van der Waals surface area contributed by atoms with Crippen LogP contribution in [0.25, 0.3) is 5.69 Å². The third-order valence-corrected chi connectivity index (χ3v) is 8.96. The highest BCUT2D eigenvalue weighted by molar-refractivity contribution is 6.42. The highest BCUT2D eigenvalue weighted by Gasteiger charge is 2.37. The Bertz CT molecular complexity index is 1530. The van der Waals surface area contributed by atoms with E-state index in [9.17, 15) is 14.4 Å². The van der Waals surface area contributed by atoms with Gasteiger partial charge in [0, 0.05) is 35.8 Å². The lowest BCUT2D eigenvalue weighted by Crippen LogP contribution is -2.46. The molecular formula is C30H33Cl2N5O3. The molecule has 1 aliphatic heterocycles. The van der Waals surface area contributed by atoms with Crippen LogP contribution in [0, 0.1) is 5.41 Å². The number of nitrogens with one attached hydrogen (secondary N) is 2. The second-order valence-electron chi connectivity index (χ2n) is 11.3. The Morgan fingerprint density at radius 1 is 1.05 bits per heavy atom. The van der Waals surface area contributed by atoms with Crippen molar-refractivity contribution in [2.24, 2.45) is 5.41 Å². The molecule has 2 atom stereocenters. The van der Waals surface area contributed by atoms with E-state index in [0.717, 1.165) is 19.3 Å². The molecule has 0 radical (unpaired) electrons. The fourth-order valence-corrected chi connectivity index (χ4v) is 6.02. The molecule has 1 saturated carbocycles. The minimum atomic E-state index is -0.236. The first-order chi connectivity index (χ1) is 19.0. The summed E-state index contributed by atoms with van der Waals surface area (Å²) in [5.41, 5.74) is 2.57. The van der Waals surface area contributed by atoms with Crippen LogP contribution < -0.4 is 16.2 Å². The molecule has 3 aromatic rings. The van der Waals surface area contributed by atoms with Crippen LogP contribution in [0.15, 0.2) is 47.3 Å². The third-order valence-electron chi connectivity index (χ3n) is 8.22. The SMILES string of the molecule is CNC(=O)c1ccc(-n2c(N[C@H]3CCCC3(C)C)nc3c(c2=O)C[C@@H](C)N(C(=O)c2ccc(Cl)c(Cl)c2)C3)cc1. The quantitative estimate of drug-likeness (QED) is 0.416. The molecule has 10 heteroatoms. The number of hydrogen-bond donors (Lipinski definition) is 2. The Morgan fingerprint density at radius 2 is 1.75 bits per heavy atom. The summed E-state index contributed by atoms with van der Waals surface area (Å²) in [4.78, 5) is 46.4. The minimum Gasteiger partial charge on any atom is -0.355 e. The molecule has 40 heavy (non-hydrogen) atoms. The number of aromatic nitrogens is 2. The topological polar surface area (TPSA) is 96.3 Å². The van der Waals surface area contributed by atoms with E-state index in [1.807, 2.05) is 6.92 Å². The second kappa shape index (κ2) is 10.9. The van der Waals surface area contributed by atoms with Gasteiger partial charge in [-0.2, -0.15) is 0 Å². The molecule has 1 aromatic heterocycles. The van der Waals surface area contributed by atoms with Gasteiger partial charge in [-0.25, -0.2) is 9.55 Å². The maximum Gasteiger partial charge on any atom is 0.263 e. The molecule has 2 amide bonds. The van der Waals surface area contributed by atoms with Crippen molar-refractivity contribution in [2.75, 3.05) is 12.4 Å².